The van der Waals surface area contributed by atoms with Crippen LogP contribution < -0.4 is 16.0 Å². The quantitative estimate of drug-likeness (QED) is 0.497. The molecule has 4 unspecified atom stereocenters. The molecular formula is C18H25N3O5. The maximum atomic E-state index is 11.9. The maximum Gasteiger partial charge on any atom is 0.319 e. The van der Waals surface area contributed by atoms with Crippen LogP contribution in [0.2, 0.25) is 0 Å². The van der Waals surface area contributed by atoms with Crippen LogP contribution in [0.15, 0.2) is 24.3 Å². The van der Waals surface area contributed by atoms with Crippen molar-refractivity contribution < 1.29 is 24.5 Å². The van der Waals surface area contributed by atoms with Crippen molar-refractivity contribution in [1.29, 1.82) is 0 Å². The van der Waals surface area contributed by atoms with Gasteiger partial charge in [-0.3, -0.25) is 4.79 Å². The summed E-state index contributed by atoms with van der Waals surface area (Å²) >= 11 is 0. The van der Waals surface area contributed by atoms with Crippen LogP contribution in [-0.4, -0.2) is 59.2 Å². The van der Waals surface area contributed by atoms with Crippen molar-refractivity contribution in [1.82, 2.24) is 10.6 Å². The molecule has 8 nitrogen and oxygen atoms in total. The van der Waals surface area contributed by atoms with E-state index >= 15 is 0 Å². The van der Waals surface area contributed by atoms with Crippen LogP contribution in [0.3, 0.4) is 0 Å². The SMILES string of the molecule is Cc1ccc(NC(=O)NCC2OC(CC(=O)NC3CC3)C(O)C2O)cc1. The molecule has 1 aliphatic heterocycles. The average Bonchev–Trinajstić information content (AvgIpc) is 3.37. The summed E-state index contributed by atoms with van der Waals surface area (Å²) in [6.07, 6.45) is -1.93. The molecule has 1 heterocycles. The molecule has 1 saturated carbocycles. The number of hydrogen-bond donors (Lipinski definition) is 5. The van der Waals surface area contributed by atoms with Gasteiger partial charge in [-0.25, -0.2) is 4.79 Å². The van der Waals surface area contributed by atoms with Gasteiger partial charge in [0.05, 0.1) is 12.5 Å². The number of carbonyl (C=O) groups excluding carboxylic acids is 2. The van der Waals surface area contributed by atoms with Crippen molar-refractivity contribution in [3.05, 3.63) is 29.8 Å². The molecule has 0 bridgehead atoms. The third-order valence-electron chi connectivity index (χ3n) is 4.56. The third kappa shape index (κ3) is 4.94. The minimum atomic E-state index is -1.16. The predicted molar refractivity (Wildman–Crippen MR) is 94.7 cm³/mol. The van der Waals surface area contributed by atoms with Crippen molar-refractivity contribution in [2.45, 2.75) is 56.6 Å². The molecule has 0 aromatic heterocycles. The van der Waals surface area contributed by atoms with Crippen LogP contribution in [0.5, 0.6) is 0 Å². The van der Waals surface area contributed by atoms with E-state index in [1.807, 2.05) is 19.1 Å². The summed E-state index contributed by atoms with van der Waals surface area (Å²) in [4.78, 5) is 23.8. The van der Waals surface area contributed by atoms with E-state index in [0.29, 0.717) is 5.69 Å². The van der Waals surface area contributed by atoms with Gasteiger partial charge in [0.15, 0.2) is 0 Å². The van der Waals surface area contributed by atoms with E-state index < -0.39 is 30.4 Å². The first-order chi connectivity index (χ1) is 12.4. The van der Waals surface area contributed by atoms with Crippen LogP contribution in [0.25, 0.3) is 0 Å². The van der Waals surface area contributed by atoms with Gasteiger partial charge in [0.25, 0.3) is 0 Å². The molecule has 4 atom stereocenters. The van der Waals surface area contributed by atoms with Gasteiger partial charge in [0.2, 0.25) is 5.91 Å². The number of urea groups is 1. The summed E-state index contributed by atoms with van der Waals surface area (Å²) in [6.45, 7) is 1.98. The van der Waals surface area contributed by atoms with Gasteiger partial charge in [0.1, 0.15) is 18.3 Å². The highest BCUT2D eigenvalue weighted by atomic mass is 16.5. The molecule has 3 rings (SSSR count). The number of aliphatic hydroxyl groups excluding tert-OH is 2. The Morgan fingerprint density at radius 2 is 1.77 bits per heavy atom. The Kier molecular flexibility index (Phi) is 5.75. The summed E-state index contributed by atoms with van der Waals surface area (Å²) in [5, 5.41) is 28.3. The van der Waals surface area contributed by atoms with E-state index in [9.17, 15) is 19.8 Å². The number of aliphatic hydroxyl groups is 2. The predicted octanol–water partition coefficient (Wildman–Crippen LogP) is 0.274. The van der Waals surface area contributed by atoms with E-state index in [-0.39, 0.29) is 24.9 Å². The zero-order chi connectivity index (χ0) is 18.7. The van der Waals surface area contributed by atoms with Crippen molar-refractivity contribution in [3.63, 3.8) is 0 Å². The zero-order valence-electron chi connectivity index (χ0n) is 14.6. The summed E-state index contributed by atoms with van der Waals surface area (Å²) in [6, 6.07) is 7.13. The molecule has 1 aromatic carbocycles. The standard InChI is InChI=1S/C18H25N3O5/c1-10-2-4-12(5-3-10)21-18(25)19-9-14-17(24)16(23)13(26-14)8-15(22)20-11-6-7-11/h2-5,11,13-14,16-17,23-24H,6-9H2,1H3,(H,20,22)(H2,19,21,25). The number of ether oxygens (including phenoxy) is 1. The number of aryl methyl sites for hydroxylation is 1. The summed E-state index contributed by atoms with van der Waals surface area (Å²) in [5.74, 6) is -0.200. The lowest BCUT2D eigenvalue weighted by Gasteiger charge is -2.16. The molecule has 26 heavy (non-hydrogen) atoms. The van der Waals surface area contributed by atoms with Crippen molar-refractivity contribution in [2.75, 3.05) is 11.9 Å². The third-order valence-corrected chi connectivity index (χ3v) is 4.56. The Labute approximate surface area is 151 Å². The van der Waals surface area contributed by atoms with Crippen LogP contribution in [0, 0.1) is 6.92 Å². The van der Waals surface area contributed by atoms with Gasteiger partial charge in [-0.1, -0.05) is 17.7 Å². The van der Waals surface area contributed by atoms with E-state index in [0.717, 1.165) is 18.4 Å². The molecule has 2 aliphatic rings. The highest BCUT2D eigenvalue weighted by Crippen LogP contribution is 2.24. The molecule has 142 valence electrons. The molecule has 1 aromatic rings. The minimum absolute atomic E-state index is 0.0131. The monoisotopic (exact) mass is 363 g/mol. The number of anilines is 1. The van der Waals surface area contributed by atoms with Gasteiger partial charge >= 0.3 is 6.03 Å². The Balaban J connectivity index is 1.44. The van der Waals surface area contributed by atoms with Gasteiger partial charge in [0, 0.05) is 18.3 Å². The highest BCUT2D eigenvalue weighted by molar-refractivity contribution is 5.89. The lowest BCUT2D eigenvalue weighted by atomic mass is 10.1. The largest absolute Gasteiger partial charge is 0.388 e. The van der Waals surface area contributed by atoms with Gasteiger partial charge in [-0.05, 0) is 31.9 Å². The molecule has 2 fully saturated rings. The maximum absolute atomic E-state index is 11.9. The van der Waals surface area contributed by atoms with E-state index in [1.54, 1.807) is 12.1 Å². The second-order valence-corrected chi connectivity index (χ2v) is 6.94. The Bertz CT molecular complexity index is 647. The Hall–Kier alpha value is -2.16. The zero-order valence-corrected chi connectivity index (χ0v) is 14.6. The molecule has 1 aliphatic carbocycles. The summed E-state index contributed by atoms with van der Waals surface area (Å²) in [7, 11) is 0. The molecular weight excluding hydrogens is 338 g/mol. The van der Waals surface area contributed by atoms with Gasteiger partial charge < -0.3 is 30.9 Å². The smallest absolute Gasteiger partial charge is 0.319 e. The van der Waals surface area contributed by atoms with Gasteiger partial charge in [-0.15, -0.1) is 0 Å². The average molecular weight is 363 g/mol. The second kappa shape index (κ2) is 8.03. The first-order valence-electron chi connectivity index (χ1n) is 8.85. The van der Waals surface area contributed by atoms with Crippen LogP contribution in [0.1, 0.15) is 24.8 Å². The highest BCUT2D eigenvalue weighted by Gasteiger charge is 2.43. The second-order valence-electron chi connectivity index (χ2n) is 6.94. The van der Waals surface area contributed by atoms with Crippen molar-refractivity contribution in [2.24, 2.45) is 0 Å². The van der Waals surface area contributed by atoms with Crippen LogP contribution in [-0.2, 0) is 9.53 Å². The topological polar surface area (TPSA) is 120 Å². The Morgan fingerprint density at radius 1 is 1.12 bits per heavy atom. The number of hydrogen-bond acceptors (Lipinski definition) is 5. The number of benzene rings is 1. The first-order valence-corrected chi connectivity index (χ1v) is 8.85. The first kappa shape index (κ1) is 18.6. The molecule has 3 amide bonds. The van der Waals surface area contributed by atoms with Crippen molar-refractivity contribution in [3.8, 4) is 0 Å². The van der Waals surface area contributed by atoms with E-state index in [4.69, 9.17) is 4.74 Å². The molecule has 8 heteroatoms. The van der Waals surface area contributed by atoms with Gasteiger partial charge in [-0.2, -0.15) is 0 Å². The summed E-state index contributed by atoms with van der Waals surface area (Å²) in [5.41, 5.74) is 1.74. The lowest BCUT2D eigenvalue weighted by Crippen LogP contribution is -2.41. The van der Waals surface area contributed by atoms with E-state index in [2.05, 4.69) is 16.0 Å². The Morgan fingerprint density at radius 3 is 2.42 bits per heavy atom. The number of amides is 3. The minimum Gasteiger partial charge on any atom is -0.388 e. The number of carbonyl (C=O) groups is 2. The van der Waals surface area contributed by atoms with Crippen LogP contribution >= 0.6 is 0 Å². The molecule has 1 saturated heterocycles. The molecule has 0 radical (unpaired) electrons. The normalized spacial score (nSPS) is 27.8. The molecule has 5 N–H and O–H groups in total. The lowest BCUT2D eigenvalue weighted by molar-refractivity contribution is -0.125. The van der Waals surface area contributed by atoms with Crippen LogP contribution in [0.4, 0.5) is 10.5 Å². The fourth-order valence-electron chi connectivity index (χ4n) is 2.87. The fraction of sp³-hybridized carbons (Fsp3) is 0.556. The van der Waals surface area contributed by atoms with Crippen molar-refractivity contribution >= 4 is 17.6 Å². The fourth-order valence-corrected chi connectivity index (χ4v) is 2.87. The molecule has 0 spiro atoms. The van der Waals surface area contributed by atoms with E-state index in [1.165, 1.54) is 0 Å². The number of rotatable bonds is 6. The number of nitrogens with one attached hydrogen (secondary N) is 3. The summed E-state index contributed by atoms with van der Waals surface area (Å²) < 4.78 is 5.57.